The Morgan fingerprint density at radius 3 is 2.13 bits per heavy atom. The molecule has 0 bridgehead atoms. The second-order valence-corrected chi connectivity index (χ2v) is 5.51. The third-order valence-corrected chi connectivity index (χ3v) is 3.81. The van der Waals surface area contributed by atoms with Gasteiger partial charge in [0.2, 0.25) is 0 Å². The van der Waals surface area contributed by atoms with Crippen molar-refractivity contribution >= 4 is 23.4 Å². The molecular weight excluding hydrogens is 335 g/mol. The second kappa shape index (κ2) is 6.29. The highest BCUT2D eigenvalue weighted by atomic mass is 32.2. The average Bonchev–Trinajstić information content (AvgIpc) is 2.46. The van der Waals surface area contributed by atoms with E-state index < -0.39 is 28.2 Å². The molecule has 0 aliphatic heterocycles. The van der Waals surface area contributed by atoms with E-state index in [0.717, 1.165) is 23.9 Å². The molecule has 0 atom stereocenters. The van der Waals surface area contributed by atoms with Crippen molar-refractivity contribution in [3.63, 3.8) is 0 Å². The molecule has 2 aromatic rings. The maximum absolute atomic E-state index is 12.9. The predicted octanol–water partition coefficient (Wildman–Crippen LogP) is 4.46. The molecule has 0 aliphatic rings. The Hall–Kier alpha value is -2.55. The predicted molar refractivity (Wildman–Crippen MR) is 75.6 cm³/mol. The lowest BCUT2D eigenvalue weighted by molar-refractivity contribution is -0.384. The summed E-state index contributed by atoms with van der Waals surface area (Å²) in [5.41, 5.74) is -2.20. The number of benzene rings is 2. The Morgan fingerprint density at radius 2 is 1.65 bits per heavy atom. The minimum absolute atomic E-state index is 0.133. The summed E-state index contributed by atoms with van der Waals surface area (Å²) in [7, 11) is 0. The first-order chi connectivity index (χ1) is 10.7. The monoisotopic (exact) mass is 343 g/mol. The maximum Gasteiger partial charge on any atom is 0.417 e. The molecule has 2 rings (SSSR count). The molecular formula is C14H8F3NO4S. The zero-order valence-corrected chi connectivity index (χ0v) is 12.0. The number of hydrogen-bond acceptors (Lipinski definition) is 4. The number of rotatable bonds is 4. The van der Waals surface area contributed by atoms with Crippen LogP contribution in [-0.2, 0) is 6.18 Å². The standard InChI is InChI=1S/C14H8F3NO4S/c15-14(16,17)12-7-10(5-6-11(12)13(19)20)23-9-3-1-8(2-4-9)18(21)22/h1-7H,(H,19,20). The number of hydrogen-bond donors (Lipinski definition) is 1. The van der Waals surface area contributed by atoms with Crippen LogP contribution >= 0.6 is 11.8 Å². The molecule has 1 N–H and O–H groups in total. The fraction of sp³-hybridized carbons (Fsp3) is 0.0714. The van der Waals surface area contributed by atoms with Gasteiger partial charge in [-0.3, -0.25) is 10.1 Å². The molecule has 9 heteroatoms. The third-order valence-electron chi connectivity index (χ3n) is 2.81. The van der Waals surface area contributed by atoms with Gasteiger partial charge in [0.25, 0.3) is 5.69 Å². The number of carbonyl (C=O) groups is 1. The summed E-state index contributed by atoms with van der Waals surface area (Å²) < 4.78 is 38.8. The zero-order chi connectivity index (χ0) is 17.2. The van der Waals surface area contributed by atoms with Gasteiger partial charge in [-0.05, 0) is 30.3 Å². The van der Waals surface area contributed by atoms with Gasteiger partial charge in [-0.2, -0.15) is 13.2 Å². The average molecular weight is 343 g/mol. The van der Waals surface area contributed by atoms with Gasteiger partial charge < -0.3 is 5.11 Å². The van der Waals surface area contributed by atoms with Crippen LogP contribution in [0.2, 0.25) is 0 Å². The smallest absolute Gasteiger partial charge is 0.417 e. The molecule has 120 valence electrons. The molecule has 0 unspecified atom stereocenters. The first-order valence-electron chi connectivity index (χ1n) is 6.05. The van der Waals surface area contributed by atoms with Gasteiger partial charge in [0, 0.05) is 21.9 Å². The number of nitrogens with zero attached hydrogens (tertiary/aromatic N) is 1. The van der Waals surface area contributed by atoms with Gasteiger partial charge in [0.1, 0.15) is 0 Å². The Labute approximate surface area is 131 Å². The quantitative estimate of drug-likeness (QED) is 0.655. The van der Waals surface area contributed by atoms with Crippen molar-refractivity contribution in [2.45, 2.75) is 16.0 Å². The lowest BCUT2D eigenvalue weighted by Crippen LogP contribution is -2.12. The summed E-state index contributed by atoms with van der Waals surface area (Å²) in [6.45, 7) is 0. The molecule has 0 spiro atoms. The molecule has 5 nitrogen and oxygen atoms in total. The van der Waals surface area contributed by atoms with E-state index >= 15 is 0 Å². The molecule has 0 radical (unpaired) electrons. The number of halogens is 3. The molecule has 0 amide bonds. The minimum atomic E-state index is -4.79. The highest BCUT2D eigenvalue weighted by Crippen LogP contribution is 2.37. The summed E-state index contributed by atoms with van der Waals surface area (Å²) in [5, 5.41) is 19.4. The molecule has 23 heavy (non-hydrogen) atoms. The topological polar surface area (TPSA) is 80.4 Å². The van der Waals surface area contributed by atoms with Crippen LogP contribution in [-0.4, -0.2) is 16.0 Å². The summed E-state index contributed by atoms with van der Waals surface area (Å²) in [4.78, 5) is 21.5. The van der Waals surface area contributed by atoms with E-state index in [9.17, 15) is 28.1 Å². The van der Waals surface area contributed by atoms with Crippen molar-refractivity contribution in [1.82, 2.24) is 0 Å². The lowest BCUT2D eigenvalue weighted by atomic mass is 10.1. The third kappa shape index (κ3) is 4.01. The first kappa shape index (κ1) is 16.8. The van der Waals surface area contributed by atoms with Crippen molar-refractivity contribution in [2.75, 3.05) is 0 Å². The van der Waals surface area contributed by atoms with Crippen LogP contribution < -0.4 is 0 Å². The van der Waals surface area contributed by atoms with Gasteiger partial charge >= 0.3 is 12.1 Å². The Kier molecular flexibility index (Phi) is 4.60. The number of nitro groups is 1. The van der Waals surface area contributed by atoms with E-state index in [0.29, 0.717) is 4.90 Å². The number of carboxylic acids is 1. The van der Waals surface area contributed by atoms with Crippen molar-refractivity contribution in [3.05, 3.63) is 63.7 Å². The van der Waals surface area contributed by atoms with Crippen LogP contribution in [0.1, 0.15) is 15.9 Å². The SMILES string of the molecule is O=C(O)c1ccc(Sc2ccc([N+](=O)[O-])cc2)cc1C(F)(F)F. The van der Waals surface area contributed by atoms with Crippen LogP contribution in [0.15, 0.2) is 52.3 Å². The summed E-state index contributed by atoms with van der Waals surface area (Å²) >= 11 is 0.943. The highest BCUT2D eigenvalue weighted by Gasteiger charge is 2.35. The Morgan fingerprint density at radius 1 is 1.09 bits per heavy atom. The molecule has 0 heterocycles. The fourth-order valence-corrected chi connectivity index (χ4v) is 2.64. The fourth-order valence-electron chi connectivity index (χ4n) is 1.78. The number of aromatic carboxylic acids is 1. The van der Waals surface area contributed by atoms with E-state index in [2.05, 4.69) is 0 Å². The van der Waals surface area contributed by atoms with E-state index in [4.69, 9.17) is 5.11 Å². The van der Waals surface area contributed by atoms with Gasteiger partial charge in [0.15, 0.2) is 0 Å². The Bertz CT molecular complexity index is 760. The maximum atomic E-state index is 12.9. The molecule has 0 saturated heterocycles. The van der Waals surface area contributed by atoms with Gasteiger partial charge in [-0.1, -0.05) is 11.8 Å². The summed E-state index contributed by atoms with van der Waals surface area (Å²) in [6, 6.07) is 8.17. The zero-order valence-electron chi connectivity index (χ0n) is 11.2. The molecule has 0 aromatic heterocycles. The lowest BCUT2D eigenvalue weighted by Gasteiger charge is -2.12. The number of nitro benzene ring substituents is 1. The molecule has 0 saturated carbocycles. The van der Waals surface area contributed by atoms with Gasteiger partial charge in [-0.25, -0.2) is 4.79 Å². The van der Waals surface area contributed by atoms with Crippen molar-refractivity contribution in [2.24, 2.45) is 0 Å². The van der Waals surface area contributed by atoms with E-state index in [1.54, 1.807) is 0 Å². The van der Waals surface area contributed by atoms with Crippen LogP contribution in [0.5, 0.6) is 0 Å². The van der Waals surface area contributed by atoms with E-state index in [-0.39, 0.29) is 10.6 Å². The van der Waals surface area contributed by atoms with Crippen molar-refractivity contribution in [3.8, 4) is 0 Å². The summed E-state index contributed by atoms with van der Waals surface area (Å²) in [6.07, 6.45) is -4.79. The van der Waals surface area contributed by atoms with Gasteiger partial charge in [0.05, 0.1) is 16.1 Å². The van der Waals surface area contributed by atoms with Crippen LogP contribution in [0, 0.1) is 10.1 Å². The summed E-state index contributed by atoms with van der Waals surface area (Å²) in [5.74, 6) is -1.66. The van der Waals surface area contributed by atoms with Crippen LogP contribution in [0.3, 0.4) is 0 Å². The van der Waals surface area contributed by atoms with Crippen LogP contribution in [0.25, 0.3) is 0 Å². The Balaban J connectivity index is 2.33. The number of carboxylic acid groups (broad SMARTS) is 1. The first-order valence-corrected chi connectivity index (χ1v) is 6.87. The van der Waals surface area contributed by atoms with Crippen molar-refractivity contribution in [1.29, 1.82) is 0 Å². The van der Waals surface area contributed by atoms with Gasteiger partial charge in [-0.15, -0.1) is 0 Å². The minimum Gasteiger partial charge on any atom is -0.478 e. The van der Waals surface area contributed by atoms with E-state index in [1.807, 2.05) is 0 Å². The number of alkyl halides is 3. The van der Waals surface area contributed by atoms with E-state index in [1.165, 1.54) is 30.3 Å². The largest absolute Gasteiger partial charge is 0.478 e. The molecule has 2 aromatic carbocycles. The normalized spacial score (nSPS) is 11.3. The molecule has 0 fully saturated rings. The number of non-ortho nitro benzene ring substituents is 1. The second-order valence-electron chi connectivity index (χ2n) is 4.36. The highest BCUT2D eigenvalue weighted by molar-refractivity contribution is 7.99. The molecule has 0 aliphatic carbocycles. The van der Waals surface area contributed by atoms with Crippen LogP contribution in [0.4, 0.5) is 18.9 Å². The van der Waals surface area contributed by atoms with Crippen molar-refractivity contribution < 1.29 is 28.0 Å².